The fourth-order valence-corrected chi connectivity index (χ4v) is 5.98. The predicted octanol–water partition coefficient (Wildman–Crippen LogP) is 1.49. The summed E-state index contributed by atoms with van der Waals surface area (Å²) < 4.78 is 23.4. The number of hydrogen-bond donors (Lipinski definition) is 1. The Morgan fingerprint density at radius 3 is 2.58 bits per heavy atom. The molecule has 6 atom stereocenters. The topological polar surface area (TPSA) is 138 Å². The third-order valence-corrected chi connectivity index (χ3v) is 7.56. The summed E-state index contributed by atoms with van der Waals surface area (Å²) in [5.41, 5.74) is -1.46. The molecule has 0 radical (unpaired) electrons. The van der Waals surface area contributed by atoms with Gasteiger partial charge in [-0.15, -0.1) is 0 Å². The number of carbonyl (C=O) groups is 2. The van der Waals surface area contributed by atoms with E-state index < -0.39 is 36.0 Å². The smallest absolute Gasteiger partial charge is 0.303 e. The van der Waals surface area contributed by atoms with Gasteiger partial charge in [0, 0.05) is 34.0 Å². The van der Waals surface area contributed by atoms with Gasteiger partial charge >= 0.3 is 11.9 Å². The highest BCUT2D eigenvalue weighted by molar-refractivity contribution is 6.28. The Morgan fingerprint density at radius 1 is 1.22 bits per heavy atom. The van der Waals surface area contributed by atoms with Crippen molar-refractivity contribution in [2.75, 3.05) is 38.3 Å². The average molecular weight is 524 g/mol. The summed E-state index contributed by atoms with van der Waals surface area (Å²) in [6.07, 6.45) is 1.92. The van der Waals surface area contributed by atoms with Gasteiger partial charge in [0.2, 0.25) is 5.28 Å². The minimum Gasteiger partial charge on any atom is -0.463 e. The van der Waals surface area contributed by atoms with Crippen molar-refractivity contribution in [1.29, 1.82) is 0 Å². The lowest BCUT2D eigenvalue weighted by atomic mass is 9.93. The first kappa shape index (κ1) is 25.1. The van der Waals surface area contributed by atoms with E-state index in [-0.39, 0.29) is 18.5 Å². The number of hydrogen-bond acceptors (Lipinski definition) is 11. The van der Waals surface area contributed by atoms with E-state index >= 15 is 0 Å². The van der Waals surface area contributed by atoms with Crippen LogP contribution in [0.15, 0.2) is 6.20 Å². The molecule has 2 saturated heterocycles. The van der Waals surface area contributed by atoms with Crippen molar-refractivity contribution < 1.29 is 33.6 Å². The summed E-state index contributed by atoms with van der Waals surface area (Å²) >= 11 is 6.36. The Balaban J connectivity index is 1.54. The van der Waals surface area contributed by atoms with Crippen LogP contribution in [0.25, 0.3) is 11.0 Å². The van der Waals surface area contributed by atoms with Crippen LogP contribution in [0.2, 0.25) is 5.28 Å². The molecule has 0 aromatic carbocycles. The molecule has 2 aromatic rings. The van der Waals surface area contributed by atoms with Gasteiger partial charge in [0.05, 0.1) is 18.2 Å². The number of halogens is 1. The number of anilines is 1. The fraction of sp³-hybridized carbons (Fsp3) is 0.696. The minimum absolute atomic E-state index is 0.0435. The molecular formula is C23H30ClN5O7. The summed E-state index contributed by atoms with van der Waals surface area (Å²) in [6, 6.07) is 0. The van der Waals surface area contributed by atoms with E-state index in [1.807, 2.05) is 0 Å². The molecule has 0 bridgehead atoms. The number of rotatable bonds is 7. The van der Waals surface area contributed by atoms with E-state index in [0.717, 1.165) is 13.1 Å². The van der Waals surface area contributed by atoms with Crippen LogP contribution in [-0.4, -0.2) is 88.0 Å². The summed E-state index contributed by atoms with van der Waals surface area (Å²) in [4.78, 5) is 34.6. The van der Waals surface area contributed by atoms with E-state index in [4.69, 9.17) is 30.5 Å². The van der Waals surface area contributed by atoms with Crippen LogP contribution in [0.1, 0.15) is 39.3 Å². The van der Waals surface area contributed by atoms with Gasteiger partial charge in [0.1, 0.15) is 18.5 Å². The van der Waals surface area contributed by atoms with Crippen molar-refractivity contribution in [1.82, 2.24) is 19.7 Å². The van der Waals surface area contributed by atoms with Crippen molar-refractivity contribution in [2.24, 2.45) is 11.8 Å². The van der Waals surface area contributed by atoms with Gasteiger partial charge in [-0.1, -0.05) is 6.42 Å². The summed E-state index contributed by atoms with van der Waals surface area (Å²) in [5, 5.41) is 16.8. The van der Waals surface area contributed by atoms with Crippen LogP contribution in [0.4, 0.5) is 5.82 Å². The molecule has 0 spiro atoms. The van der Waals surface area contributed by atoms with Crippen molar-refractivity contribution in [3.8, 4) is 0 Å². The van der Waals surface area contributed by atoms with Crippen molar-refractivity contribution >= 4 is 40.4 Å². The zero-order valence-corrected chi connectivity index (χ0v) is 21.2. The van der Waals surface area contributed by atoms with Crippen molar-refractivity contribution in [3.63, 3.8) is 0 Å². The lowest BCUT2D eigenvalue weighted by Crippen LogP contribution is -2.54. The Bertz CT molecular complexity index is 1150. The molecule has 13 heteroatoms. The Labute approximate surface area is 212 Å². The second kappa shape index (κ2) is 9.73. The third-order valence-electron chi connectivity index (χ3n) is 7.39. The summed E-state index contributed by atoms with van der Waals surface area (Å²) in [6.45, 7) is 3.74. The molecule has 196 valence electrons. The van der Waals surface area contributed by atoms with E-state index in [2.05, 4.69) is 20.0 Å². The van der Waals surface area contributed by atoms with Gasteiger partial charge < -0.3 is 29.0 Å². The van der Waals surface area contributed by atoms with Crippen LogP contribution < -0.4 is 4.90 Å². The normalized spacial score (nSPS) is 31.7. The molecule has 0 amide bonds. The van der Waals surface area contributed by atoms with Crippen LogP contribution in [0.3, 0.4) is 0 Å². The maximum absolute atomic E-state index is 12.0. The Morgan fingerprint density at radius 2 is 1.94 bits per heavy atom. The fourth-order valence-electron chi connectivity index (χ4n) is 5.82. The molecule has 2 aliphatic heterocycles. The lowest BCUT2D eigenvalue weighted by molar-refractivity contribution is -0.173. The monoisotopic (exact) mass is 523 g/mol. The predicted molar refractivity (Wildman–Crippen MR) is 126 cm³/mol. The number of ether oxygens (including phenoxy) is 4. The molecule has 5 rings (SSSR count). The number of esters is 2. The standard InChI is InChI=1S/C23H30ClN5O7/c1-12(30)34-10-17-23(32,11-33-3)18(35-13(2)31)21(36-17)29-20-16(7-25-29)19(26-22(24)27-20)28-8-14-5-4-6-15(14)9-28/h7,14-15,17-18,21,32H,4-6,8-11H2,1-3H3/t14-,15+,17-,18+,21-,23-/m1/s1. The molecule has 1 aliphatic carbocycles. The molecule has 36 heavy (non-hydrogen) atoms. The Kier molecular flexibility index (Phi) is 6.79. The SMILES string of the molecule is COC[C@@]1(O)[C@@H](COC(C)=O)O[C@@H](n2ncc3c(N4C[C@H]5CCC[C@H]5C4)nc(Cl)nc32)[C@@H]1OC(C)=O. The van der Waals surface area contributed by atoms with Gasteiger partial charge in [0.15, 0.2) is 23.6 Å². The van der Waals surface area contributed by atoms with Gasteiger partial charge in [-0.05, 0) is 36.3 Å². The molecule has 4 heterocycles. The highest BCUT2D eigenvalue weighted by Crippen LogP contribution is 2.43. The minimum atomic E-state index is -1.83. The summed E-state index contributed by atoms with van der Waals surface area (Å²) in [7, 11) is 1.40. The number of fused-ring (bicyclic) bond motifs is 2. The number of methoxy groups -OCH3 is 1. The molecular weight excluding hydrogens is 494 g/mol. The van der Waals surface area contributed by atoms with Crippen LogP contribution in [0, 0.1) is 11.8 Å². The van der Waals surface area contributed by atoms with E-state index in [1.165, 1.54) is 44.9 Å². The molecule has 3 aliphatic rings. The first-order valence-electron chi connectivity index (χ1n) is 12.0. The summed E-state index contributed by atoms with van der Waals surface area (Å²) in [5.74, 6) is 0.791. The largest absolute Gasteiger partial charge is 0.463 e. The zero-order valence-electron chi connectivity index (χ0n) is 20.4. The second-order valence-electron chi connectivity index (χ2n) is 9.77. The Hall–Kier alpha value is -2.54. The molecule has 3 fully saturated rings. The molecule has 2 aromatic heterocycles. The van der Waals surface area contributed by atoms with Crippen LogP contribution >= 0.6 is 11.6 Å². The van der Waals surface area contributed by atoms with E-state index in [1.54, 1.807) is 6.20 Å². The average Bonchev–Trinajstić information content (AvgIpc) is 3.55. The van der Waals surface area contributed by atoms with Crippen LogP contribution in [-0.2, 0) is 28.5 Å². The van der Waals surface area contributed by atoms with Crippen LogP contribution in [0.5, 0.6) is 0 Å². The maximum Gasteiger partial charge on any atom is 0.303 e. The molecule has 1 saturated carbocycles. The molecule has 1 N–H and O–H groups in total. The van der Waals surface area contributed by atoms with Gasteiger partial charge in [-0.3, -0.25) is 9.59 Å². The van der Waals surface area contributed by atoms with E-state index in [9.17, 15) is 14.7 Å². The van der Waals surface area contributed by atoms with Gasteiger partial charge in [0.25, 0.3) is 0 Å². The number of nitrogens with zero attached hydrogens (tertiary/aromatic N) is 5. The quantitative estimate of drug-likeness (QED) is 0.417. The lowest BCUT2D eigenvalue weighted by Gasteiger charge is -2.32. The number of aromatic nitrogens is 4. The maximum atomic E-state index is 12.0. The van der Waals surface area contributed by atoms with Crippen molar-refractivity contribution in [3.05, 3.63) is 11.5 Å². The number of carbonyl (C=O) groups excluding carboxylic acids is 2. The van der Waals surface area contributed by atoms with Gasteiger partial charge in [-0.25, -0.2) is 4.68 Å². The highest BCUT2D eigenvalue weighted by Gasteiger charge is 2.60. The highest BCUT2D eigenvalue weighted by atomic mass is 35.5. The first-order chi connectivity index (χ1) is 17.2. The zero-order chi connectivity index (χ0) is 25.6. The number of aliphatic hydroxyl groups is 1. The van der Waals surface area contributed by atoms with E-state index in [0.29, 0.717) is 28.7 Å². The van der Waals surface area contributed by atoms with Gasteiger partial charge in [-0.2, -0.15) is 15.1 Å². The molecule has 0 unspecified atom stereocenters. The second-order valence-corrected chi connectivity index (χ2v) is 10.1. The first-order valence-corrected chi connectivity index (χ1v) is 12.4. The van der Waals surface area contributed by atoms with Crippen molar-refractivity contribution in [2.45, 2.75) is 57.1 Å². The third kappa shape index (κ3) is 4.40. The molecule has 12 nitrogen and oxygen atoms in total.